The summed E-state index contributed by atoms with van der Waals surface area (Å²) in [6.07, 6.45) is 3.17. The maximum absolute atomic E-state index is 11.2. The lowest BCUT2D eigenvalue weighted by Gasteiger charge is -2.05. The van der Waals surface area contributed by atoms with Crippen molar-refractivity contribution >= 4 is 5.97 Å². The molecular weight excluding hydrogens is 220 g/mol. The van der Waals surface area contributed by atoms with Gasteiger partial charge in [0.05, 0.1) is 7.11 Å². The highest BCUT2D eigenvalue weighted by Gasteiger charge is 2.20. The van der Waals surface area contributed by atoms with Crippen LogP contribution in [-0.2, 0) is 0 Å². The van der Waals surface area contributed by atoms with E-state index in [1.54, 1.807) is 36.7 Å². The van der Waals surface area contributed by atoms with Crippen LogP contribution < -0.4 is 4.74 Å². The minimum Gasteiger partial charge on any atom is -0.561 e. The summed E-state index contributed by atoms with van der Waals surface area (Å²) in [5.41, 5.74) is 0.766. The van der Waals surface area contributed by atoms with Crippen LogP contribution >= 0.6 is 0 Å². The van der Waals surface area contributed by atoms with Gasteiger partial charge in [0.25, 0.3) is 0 Å². The molecule has 86 valence electrons. The molecular formula is C12H11N2O3+. The molecule has 0 saturated carbocycles. The molecule has 2 aromatic rings. The first-order valence-electron chi connectivity index (χ1n) is 4.93. The van der Waals surface area contributed by atoms with Crippen molar-refractivity contribution in [2.45, 2.75) is 0 Å². The Kier molecular flexibility index (Phi) is 3.00. The van der Waals surface area contributed by atoms with Crippen LogP contribution in [0.5, 0.6) is 5.75 Å². The van der Waals surface area contributed by atoms with Gasteiger partial charge in [-0.05, 0) is 24.3 Å². The van der Waals surface area contributed by atoms with Crippen molar-refractivity contribution in [2.24, 2.45) is 0 Å². The fourth-order valence-corrected chi connectivity index (χ4v) is 1.47. The quantitative estimate of drug-likeness (QED) is 0.739. The Morgan fingerprint density at radius 1 is 1.29 bits per heavy atom. The first-order chi connectivity index (χ1) is 8.22. The van der Waals surface area contributed by atoms with Gasteiger partial charge >= 0.3 is 5.97 Å². The predicted molar refractivity (Wildman–Crippen MR) is 62.0 cm³/mol. The largest absolute Gasteiger partial charge is 0.561 e. The Morgan fingerprint density at radius 3 is 2.59 bits per heavy atom. The number of ether oxygens (including phenoxy) is 1. The van der Waals surface area contributed by atoms with Crippen LogP contribution in [0.2, 0.25) is 0 Å². The Morgan fingerprint density at radius 2 is 2.00 bits per heavy atom. The number of methoxy groups -OCH3 is 1. The van der Waals surface area contributed by atoms with Crippen LogP contribution in [0.15, 0.2) is 36.7 Å². The van der Waals surface area contributed by atoms with Crippen molar-refractivity contribution in [3.63, 3.8) is 0 Å². The van der Waals surface area contributed by atoms with E-state index in [0.717, 1.165) is 0 Å². The summed E-state index contributed by atoms with van der Waals surface area (Å²) in [7, 11) is 1.53. The smallest absolute Gasteiger partial charge is 0.549 e. The van der Waals surface area contributed by atoms with Crippen molar-refractivity contribution in [1.29, 1.82) is 0 Å². The number of benzene rings is 1. The molecule has 1 aromatic carbocycles. The van der Waals surface area contributed by atoms with Gasteiger partial charge in [-0.25, -0.2) is 9.97 Å². The fourth-order valence-electron chi connectivity index (χ4n) is 1.47. The highest BCUT2D eigenvalue weighted by atomic mass is 16.5. The third-order valence-electron chi connectivity index (χ3n) is 2.28. The van der Waals surface area contributed by atoms with E-state index in [2.05, 4.69) is 9.97 Å². The van der Waals surface area contributed by atoms with E-state index >= 15 is 0 Å². The van der Waals surface area contributed by atoms with Crippen LogP contribution in [0.1, 0.15) is 10.4 Å². The number of nitrogens with zero attached hydrogens (tertiary/aromatic N) is 2. The molecule has 17 heavy (non-hydrogen) atoms. The van der Waals surface area contributed by atoms with Gasteiger partial charge in [0.2, 0.25) is 0 Å². The molecule has 0 bridgehead atoms. The van der Waals surface area contributed by atoms with Gasteiger partial charge in [0, 0.05) is 22.8 Å². The van der Waals surface area contributed by atoms with Gasteiger partial charge in [-0.1, -0.05) is 0 Å². The standard InChI is InChI=1S/C12H10N2O3/c1-17-8-3-4-9(12(15)16)10(7-8)11-13-5-2-6-14-11/h2-7H,1H3,(H,15,16)/p+1. The maximum atomic E-state index is 11.2. The summed E-state index contributed by atoms with van der Waals surface area (Å²) < 4.78 is 5.08. The molecule has 0 atom stereocenters. The number of carbonyl (C=O) groups excluding carboxylic acids is 1. The number of rotatable bonds is 3. The molecule has 5 heteroatoms. The summed E-state index contributed by atoms with van der Waals surface area (Å²) >= 11 is 0. The average molecular weight is 231 g/mol. The molecule has 0 fully saturated rings. The van der Waals surface area contributed by atoms with Gasteiger partial charge < -0.3 is 9.84 Å². The number of hydrogen-bond donors (Lipinski definition) is 0. The summed E-state index contributed by atoms with van der Waals surface area (Å²) in [5.74, 6) is 0.231. The zero-order chi connectivity index (χ0) is 12.3. The van der Waals surface area contributed by atoms with E-state index in [4.69, 9.17) is 9.84 Å². The molecule has 0 aliphatic carbocycles. The summed E-state index contributed by atoms with van der Waals surface area (Å²) in [6.45, 7) is 0. The van der Waals surface area contributed by atoms with Crippen LogP contribution in [0, 0.1) is 0 Å². The van der Waals surface area contributed by atoms with E-state index in [1.807, 2.05) is 0 Å². The lowest BCUT2D eigenvalue weighted by molar-refractivity contribution is 0.0697. The molecule has 1 aromatic heterocycles. The number of hydrogen-bond acceptors (Lipinski definition) is 4. The lowest BCUT2D eigenvalue weighted by Crippen LogP contribution is -2.01. The van der Waals surface area contributed by atoms with Crippen molar-refractivity contribution in [2.75, 3.05) is 7.11 Å². The molecule has 0 unspecified atom stereocenters. The molecule has 0 aliphatic rings. The fraction of sp³-hybridized carbons (Fsp3) is 0.0833. The molecule has 0 aliphatic heterocycles. The van der Waals surface area contributed by atoms with Crippen molar-refractivity contribution in [3.8, 4) is 17.1 Å². The van der Waals surface area contributed by atoms with E-state index in [0.29, 0.717) is 17.1 Å². The summed E-state index contributed by atoms with van der Waals surface area (Å²) in [4.78, 5) is 19.3. The summed E-state index contributed by atoms with van der Waals surface area (Å²) in [6, 6.07) is 6.51. The first-order valence-corrected chi connectivity index (χ1v) is 4.93. The van der Waals surface area contributed by atoms with E-state index < -0.39 is 5.97 Å². The van der Waals surface area contributed by atoms with Crippen molar-refractivity contribution in [3.05, 3.63) is 42.2 Å². The second kappa shape index (κ2) is 4.61. The minimum absolute atomic E-state index is 0.261. The second-order valence-electron chi connectivity index (χ2n) is 3.31. The molecule has 0 radical (unpaired) electrons. The topological polar surface area (TPSA) is 75.0 Å². The molecule has 0 spiro atoms. The van der Waals surface area contributed by atoms with Crippen LogP contribution in [0.4, 0.5) is 0 Å². The van der Waals surface area contributed by atoms with Gasteiger partial charge in [-0.3, -0.25) is 0 Å². The molecule has 5 nitrogen and oxygen atoms in total. The van der Waals surface area contributed by atoms with Crippen LogP contribution in [-0.4, -0.2) is 28.2 Å². The Hall–Kier alpha value is -2.43. The molecule has 1 heterocycles. The average Bonchev–Trinajstić information content (AvgIpc) is 2.39. The Labute approximate surface area is 97.7 Å². The summed E-state index contributed by atoms with van der Waals surface area (Å²) in [5, 5.41) is 7.20. The van der Waals surface area contributed by atoms with E-state index in [9.17, 15) is 4.79 Å². The molecule has 2 rings (SSSR count). The highest BCUT2D eigenvalue weighted by Crippen LogP contribution is 2.25. The van der Waals surface area contributed by atoms with Gasteiger partial charge in [-0.2, -0.15) is 0 Å². The zero-order valence-electron chi connectivity index (χ0n) is 9.18. The predicted octanol–water partition coefficient (Wildman–Crippen LogP) is 1.02. The Bertz CT molecular complexity index is 541. The van der Waals surface area contributed by atoms with Crippen molar-refractivity contribution < 1.29 is 14.6 Å². The van der Waals surface area contributed by atoms with E-state index in [1.165, 1.54) is 7.11 Å². The zero-order valence-corrected chi connectivity index (χ0v) is 9.18. The van der Waals surface area contributed by atoms with Crippen LogP contribution in [0.25, 0.3) is 11.4 Å². The molecule has 0 amide bonds. The second-order valence-corrected chi connectivity index (χ2v) is 3.31. The van der Waals surface area contributed by atoms with Gasteiger partial charge in [-0.15, -0.1) is 0 Å². The third-order valence-corrected chi connectivity index (χ3v) is 2.28. The van der Waals surface area contributed by atoms with Crippen molar-refractivity contribution in [1.82, 2.24) is 9.97 Å². The maximum Gasteiger partial charge on any atom is 0.549 e. The third kappa shape index (κ3) is 2.23. The number of aromatic nitrogens is 2. The number of carbonyl (C=O) groups is 1. The van der Waals surface area contributed by atoms with E-state index in [-0.39, 0.29) is 5.56 Å². The molecule has 0 saturated heterocycles. The van der Waals surface area contributed by atoms with Gasteiger partial charge in [0.15, 0.2) is 5.82 Å². The van der Waals surface area contributed by atoms with Crippen LogP contribution in [0.3, 0.4) is 0 Å². The SMILES string of the molecule is COc1ccc(C(=O)[OH2+])c(-c2ncccn2)c1. The lowest BCUT2D eigenvalue weighted by atomic mass is 10.1. The molecule has 2 N–H and O–H groups in total. The highest BCUT2D eigenvalue weighted by molar-refractivity contribution is 5.95. The normalized spacial score (nSPS) is 9.94. The monoisotopic (exact) mass is 231 g/mol. The van der Waals surface area contributed by atoms with Gasteiger partial charge in [0.1, 0.15) is 11.3 Å². The first kappa shape index (κ1) is 11.1. The minimum atomic E-state index is -0.768. The Balaban J connectivity index is 2.61.